The minimum absolute atomic E-state index is 0.712. The van der Waals surface area contributed by atoms with Crippen LogP contribution in [0.1, 0.15) is 6.42 Å². The minimum atomic E-state index is 0.712. The molecule has 0 aromatic heterocycles. The van der Waals surface area contributed by atoms with E-state index in [-0.39, 0.29) is 0 Å². The summed E-state index contributed by atoms with van der Waals surface area (Å²) in [5.74, 6) is 0. The van der Waals surface area contributed by atoms with E-state index in [2.05, 4.69) is 5.23 Å². The molecule has 0 bridgehead atoms. The monoisotopic (exact) mass is 84.1 g/mol. The molecular weight excluding hydrogens is 74.9 g/mol. The lowest BCUT2D eigenvalue weighted by Gasteiger charge is -1.90. The summed E-state index contributed by atoms with van der Waals surface area (Å²) in [6, 6.07) is 0. The molecule has 0 aromatic rings. The van der Waals surface area contributed by atoms with Crippen LogP contribution in [-0.2, 0) is 0 Å². The summed E-state index contributed by atoms with van der Waals surface area (Å²) in [7, 11) is 4.91. The summed E-state index contributed by atoms with van der Waals surface area (Å²) in [6.45, 7) is 1.53. The van der Waals surface area contributed by atoms with E-state index in [1.165, 1.54) is 0 Å². The van der Waals surface area contributed by atoms with Gasteiger partial charge >= 0.3 is 0 Å². The summed E-state index contributed by atoms with van der Waals surface area (Å²) >= 11 is 0. The molecule has 0 saturated heterocycles. The Morgan fingerprint density at radius 2 is 2.33 bits per heavy atom. The molecular formula is C3H9BN2. The first-order valence-electron chi connectivity index (χ1n) is 2.05. The number of hydrogen-bond acceptors (Lipinski definition) is 2. The molecule has 0 aliphatic heterocycles. The molecule has 2 nitrogen and oxygen atoms in total. The van der Waals surface area contributed by atoms with Gasteiger partial charge in [-0.05, 0) is 19.5 Å². The lowest BCUT2D eigenvalue weighted by molar-refractivity contribution is 0.802. The second-order valence-corrected chi connectivity index (χ2v) is 1.10. The first-order chi connectivity index (χ1) is 2.91. The lowest BCUT2D eigenvalue weighted by Crippen LogP contribution is -2.13. The third-order valence-corrected chi connectivity index (χ3v) is 0.525. The van der Waals surface area contributed by atoms with Crippen LogP contribution < -0.4 is 11.0 Å². The van der Waals surface area contributed by atoms with Gasteiger partial charge in [0, 0.05) is 0 Å². The zero-order chi connectivity index (χ0) is 4.83. The van der Waals surface area contributed by atoms with Gasteiger partial charge in [-0.1, -0.05) is 0 Å². The maximum atomic E-state index is 5.12. The van der Waals surface area contributed by atoms with Gasteiger partial charge < -0.3 is 11.0 Å². The van der Waals surface area contributed by atoms with Crippen LogP contribution in [0, 0.1) is 0 Å². The molecule has 0 rings (SSSR count). The second kappa shape index (κ2) is 4.98. The summed E-state index contributed by atoms with van der Waals surface area (Å²) in [5, 5.41) is 2.49. The highest BCUT2D eigenvalue weighted by atomic mass is 14.7. The fourth-order valence-electron chi connectivity index (χ4n) is 0.204. The molecule has 34 valence electrons. The Balaban J connectivity index is 2.34. The van der Waals surface area contributed by atoms with Crippen molar-refractivity contribution in [1.29, 1.82) is 0 Å². The third-order valence-electron chi connectivity index (χ3n) is 0.525. The highest BCUT2D eigenvalue weighted by molar-refractivity contribution is 6.04. The van der Waals surface area contributed by atoms with Gasteiger partial charge in [0.1, 0.15) is 0 Å². The highest BCUT2D eigenvalue weighted by Crippen LogP contribution is 1.62. The minimum Gasteiger partial charge on any atom is -0.366 e. The quantitative estimate of drug-likeness (QED) is 0.340. The van der Waals surface area contributed by atoms with Crippen LogP contribution in [0.15, 0.2) is 0 Å². The average molecular weight is 83.9 g/mol. The zero-order valence-corrected chi connectivity index (χ0v) is 3.78. The predicted octanol–water partition coefficient (Wildman–Crippen LogP) is -0.992. The van der Waals surface area contributed by atoms with E-state index in [9.17, 15) is 0 Å². The van der Waals surface area contributed by atoms with Gasteiger partial charge in [0.05, 0.1) is 0 Å². The van der Waals surface area contributed by atoms with E-state index >= 15 is 0 Å². The van der Waals surface area contributed by atoms with Crippen molar-refractivity contribution in [2.45, 2.75) is 6.42 Å². The van der Waals surface area contributed by atoms with E-state index in [0.717, 1.165) is 13.0 Å². The predicted molar refractivity (Wildman–Crippen MR) is 27.4 cm³/mol. The molecule has 0 spiro atoms. The summed E-state index contributed by atoms with van der Waals surface area (Å²) in [6.07, 6.45) is 0.955. The summed E-state index contributed by atoms with van der Waals surface area (Å²) in [5.41, 5.74) is 5.12. The highest BCUT2D eigenvalue weighted by Gasteiger charge is 1.73. The Morgan fingerprint density at radius 1 is 1.67 bits per heavy atom. The van der Waals surface area contributed by atoms with E-state index in [0.29, 0.717) is 6.54 Å². The molecule has 3 heteroatoms. The van der Waals surface area contributed by atoms with Crippen molar-refractivity contribution in [2.24, 2.45) is 5.73 Å². The Morgan fingerprint density at radius 3 is 2.50 bits per heavy atom. The van der Waals surface area contributed by atoms with Crippen LogP contribution in [0.4, 0.5) is 0 Å². The molecule has 2 radical (unpaired) electrons. The molecule has 0 aliphatic rings. The normalized spacial score (nSPS) is 8.83. The Labute approximate surface area is 39.5 Å². The van der Waals surface area contributed by atoms with Gasteiger partial charge in [-0.2, -0.15) is 0 Å². The van der Waals surface area contributed by atoms with Crippen molar-refractivity contribution in [3.05, 3.63) is 0 Å². The largest absolute Gasteiger partial charge is 0.366 e. The second-order valence-electron chi connectivity index (χ2n) is 1.10. The van der Waals surface area contributed by atoms with E-state index in [1.807, 2.05) is 0 Å². The molecule has 0 saturated carbocycles. The van der Waals surface area contributed by atoms with Gasteiger partial charge in [0.25, 0.3) is 0 Å². The number of hydrogen-bond donors (Lipinski definition) is 2. The molecule has 0 aromatic carbocycles. The fraction of sp³-hybridized carbons (Fsp3) is 1.00. The summed E-state index contributed by atoms with van der Waals surface area (Å²) in [4.78, 5) is 0. The van der Waals surface area contributed by atoms with E-state index in [1.54, 1.807) is 0 Å². The van der Waals surface area contributed by atoms with Gasteiger partial charge in [-0.25, -0.2) is 0 Å². The molecule has 0 fully saturated rings. The molecule has 6 heavy (non-hydrogen) atoms. The van der Waals surface area contributed by atoms with E-state index in [4.69, 9.17) is 13.7 Å². The average Bonchev–Trinajstić information content (AvgIpc) is 1.61. The smallest absolute Gasteiger partial charge is 0.177 e. The van der Waals surface area contributed by atoms with Crippen LogP contribution in [-0.4, -0.2) is 21.1 Å². The van der Waals surface area contributed by atoms with Crippen molar-refractivity contribution in [2.75, 3.05) is 13.1 Å². The van der Waals surface area contributed by atoms with Crippen molar-refractivity contribution in [1.82, 2.24) is 5.23 Å². The topological polar surface area (TPSA) is 38.0 Å². The van der Waals surface area contributed by atoms with Crippen molar-refractivity contribution in [3.8, 4) is 0 Å². The number of rotatable bonds is 3. The van der Waals surface area contributed by atoms with Crippen LogP contribution in [0.25, 0.3) is 0 Å². The maximum Gasteiger partial charge on any atom is 0.177 e. The van der Waals surface area contributed by atoms with Gasteiger partial charge in [-0.3, -0.25) is 0 Å². The van der Waals surface area contributed by atoms with Crippen LogP contribution in [0.5, 0.6) is 0 Å². The number of nitrogens with two attached hydrogens (primary N) is 1. The molecule has 3 N–H and O–H groups in total. The molecule has 0 atom stereocenters. The fourth-order valence-corrected chi connectivity index (χ4v) is 0.204. The lowest BCUT2D eigenvalue weighted by atomic mass is 10.3. The third kappa shape index (κ3) is 3.98. The van der Waals surface area contributed by atoms with E-state index < -0.39 is 0 Å². The van der Waals surface area contributed by atoms with Crippen molar-refractivity contribution >= 4 is 7.98 Å². The molecule has 0 amide bonds. The Bertz CT molecular complexity index is 20.8. The van der Waals surface area contributed by atoms with Crippen LogP contribution in [0.2, 0.25) is 0 Å². The van der Waals surface area contributed by atoms with Gasteiger partial charge in [-0.15, -0.1) is 0 Å². The maximum absolute atomic E-state index is 5.12. The van der Waals surface area contributed by atoms with Crippen molar-refractivity contribution < 1.29 is 0 Å². The first kappa shape index (κ1) is 5.98. The van der Waals surface area contributed by atoms with Crippen molar-refractivity contribution in [3.63, 3.8) is 0 Å². The zero-order valence-electron chi connectivity index (χ0n) is 3.78. The molecule has 0 unspecified atom stereocenters. The Hall–Kier alpha value is -0.0151. The molecule has 0 heterocycles. The standard InChI is InChI=1S/C3H9BN2/c4-6-3-1-2-5/h6H,1-3,5H2. The van der Waals surface area contributed by atoms with Crippen LogP contribution in [0.3, 0.4) is 0 Å². The number of nitrogens with one attached hydrogen (secondary N) is 1. The Kier molecular flexibility index (Phi) is 4.97. The first-order valence-corrected chi connectivity index (χ1v) is 2.05. The SMILES string of the molecule is [B]NCCCN. The summed E-state index contributed by atoms with van der Waals surface area (Å²) < 4.78 is 0. The molecule has 0 aliphatic carbocycles. The van der Waals surface area contributed by atoms with Crippen LogP contribution >= 0.6 is 0 Å². The van der Waals surface area contributed by atoms with Gasteiger partial charge in [0.2, 0.25) is 0 Å². The van der Waals surface area contributed by atoms with Gasteiger partial charge in [0.15, 0.2) is 7.98 Å².